The molecule has 1 heterocycles. The molecule has 3 aromatic rings. The van der Waals surface area contributed by atoms with Gasteiger partial charge in [-0.3, -0.25) is 0 Å². The van der Waals surface area contributed by atoms with Crippen LogP contribution in [0, 0.1) is 0 Å². The summed E-state index contributed by atoms with van der Waals surface area (Å²) in [7, 11) is 0. The van der Waals surface area contributed by atoms with Gasteiger partial charge in [-0.25, -0.2) is 4.98 Å². The molecule has 4 heteroatoms. The summed E-state index contributed by atoms with van der Waals surface area (Å²) in [6.45, 7) is 4.83. The molecule has 3 nitrogen and oxygen atoms in total. The molecule has 0 saturated heterocycles. The number of hydrogen-bond donors (Lipinski definition) is 1. The highest BCUT2D eigenvalue weighted by molar-refractivity contribution is 6.30. The van der Waals surface area contributed by atoms with Crippen LogP contribution in [0.2, 0.25) is 5.15 Å². The molecule has 1 N–H and O–H groups in total. The van der Waals surface area contributed by atoms with Gasteiger partial charge in [0.2, 0.25) is 0 Å². The Balaban J connectivity index is 2.04. The molecule has 0 aliphatic rings. The van der Waals surface area contributed by atoms with Gasteiger partial charge < -0.3 is 9.67 Å². The third kappa shape index (κ3) is 3.37. The summed E-state index contributed by atoms with van der Waals surface area (Å²) in [6, 6.07) is 18.5. The Hall–Kier alpha value is -2.10. The Morgan fingerprint density at radius 2 is 1.71 bits per heavy atom. The zero-order valence-corrected chi connectivity index (χ0v) is 14.7. The molecule has 3 rings (SSSR count). The maximum atomic E-state index is 9.71. The molecular weight excluding hydrogens is 320 g/mol. The molecule has 24 heavy (non-hydrogen) atoms. The van der Waals surface area contributed by atoms with Crippen LogP contribution >= 0.6 is 11.6 Å². The molecule has 1 aromatic heterocycles. The number of hydrogen-bond acceptors (Lipinski definition) is 2. The topological polar surface area (TPSA) is 38.1 Å². The van der Waals surface area contributed by atoms with Crippen LogP contribution < -0.4 is 0 Å². The van der Waals surface area contributed by atoms with E-state index >= 15 is 0 Å². The van der Waals surface area contributed by atoms with E-state index in [4.69, 9.17) is 11.6 Å². The third-order valence-electron chi connectivity index (χ3n) is 4.19. The minimum atomic E-state index is -0.136. The zero-order chi connectivity index (χ0) is 17.1. The van der Waals surface area contributed by atoms with E-state index in [1.807, 2.05) is 22.8 Å². The lowest BCUT2D eigenvalue weighted by Crippen LogP contribution is -2.06. The average molecular weight is 341 g/mol. The second-order valence-electron chi connectivity index (χ2n) is 6.18. The van der Waals surface area contributed by atoms with Gasteiger partial charge in [0.25, 0.3) is 0 Å². The fourth-order valence-electron chi connectivity index (χ4n) is 2.78. The van der Waals surface area contributed by atoms with Crippen molar-refractivity contribution in [2.75, 3.05) is 0 Å². The summed E-state index contributed by atoms with van der Waals surface area (Å²) >= 11 is 6.26. The Bertz CT molecular complexity index is 808. The Labute approximate surface area is 147 Å². The van der Waals surface area contributed by atoms with Crippen LogP contribution in [0.25, 0.3) is 11.4 Å². The van der Waals surface area contributed by atoms with Crippen LogP contribution in [0.3, 0.4) is 0 Å². The first-order valence-electron chi connectivity index (χ1n) is 8.10. The van der Waals surface area contributed by atoms with Crippen LogP contribution in [0.5, 0.6) is 0 Å². The van der Waals surface area contributed by atoms with Crippen molar-refractivity contribution in [3.8, 4) is 11.4 Å². The van der Waals surface area contributed by atoms with E-state index in [-0.39, 0.29) is 6.61 Å². The molecule has 0 bridgehead atoms. The van der Waals surface area contributed by atoms with Crippen molar-refractivity contribution in [3.63, 3.8) is 0 Å². The quantitative estimate of drug-likeness (QED) is 0.719. The van der Waals surface area contributed by atoms with E-state index in [0.29, 0.717) is 23.3 Å². The van der Waals surface area contributed by atoms with Crippen molar-refractivity contribution in [1.29, 1.82) is 0 Å². The average Bonchev–Trinajstić information content (AvgIpc) is 2.91. The van der Waals surface area contributed by atoms with Crippen molar-refractivity contribution in [2.45, 2.75) is 32.9 Å². The van der Waals surface area contributed by atoms with Gasteiger partial charge in [-0.1, -0.05) is 80.0 Å². The highest BCUT2D eigenvalue weighted by Gasteiger charge is 2.17. The van der Waals surface area contributed by atoms with E-state index in [9.17, 15) is 5.11 Å². The van der Waals surface area contributed by atoms with Crippen LogP contribution in [0.4, 0.5) is 0 Å². The highest BCUT2D eigenvalue weighted by atomic mass is 35.5. The second kappa shape index (κ2) is 7.20. The highest BCUT2D eigenvalue weighted by Crippen LogP contribution is 2.28. The summed E-state index contributed by atoms with van der Waals surface area (Å²) in [6.07, 6.45) is 0. The number of aliphatic hydroxyl groups excluding tert-OH is 1. The number of benzene rings is 2. The molecular formula is C20H21ClN2O. The van der Waals surface area contributed by atoms with Gasteiger partial charge in [0.1, 0.15) is 5.82 Å². The van der Waals surface area contributed by atoms with Crippen molar-refractivity contribution in [1.82, 2.24) is 9.55 Å². The predicted octanol–water partition coefficient (Wildman–Crippen LogP) is 4.87. The summed E-state index contributed by atoms with van der Waals surface area (Å²) in [5.41, 5.74) is 4.06. The standard InChI is InChI=1S/C20H21ClN2O/c1-14(2)16-8-10-17(11-9-16)20-22-19(21)18(13-24)23(20)12-15-6-4-3-5-7-15/h3-11,14,24H,12-13H2,1-2H3. The molecule has 2 aromatic carbocycles. The van der Waals surface area contributed by atoms with Crippen molar-refractivity contribution in [2.24, 2.45) is 0 Å². The van der Waals surface area contributed by atoms with Crippen molar-refractivity contribution < 1.29 is 5.11 Å². The SMILES string of the molecule is CC(C)c1ccc(-c2nc(Cl)c(CO)n2Cc2ccccc2)cc1. The van der Waals surface area contributed by atoms with Gasteiger partial charge in [0.15, 0.2) is 5.15 Å². The fourth-order valence-corrected chi connectivity index (χ4v) is 3.02. The number of halogens is 1. The van der Waals surface area contributed by atoms with E-state index in [1.165, 1.54) is 5.56 Å². The van der Waals surface area contributed by atoms with Crippen molar-refractivity contribution >= 4 is 11.6 Å². The lowest BCUT2D eigenvalue weighted by Gasteiger charge is -2.12. The van der Waals surface area contributed by atoms with E-state index in [2.05, 4.69) is 55.2 Å². The molecule has 124 valence electrons. The Morgan fingerprint density at radius 3 is 2.29 bits per heavy atom. The van der Waals surface area contributed by atoms with Gasteiger partial charge in [-0.15, -0.1) is 0 Å². The van der Waals surface area contributed by atoms with Gasteiger partial charge in [-0.2, -0.15) is 0 Å². The number of nitrogens with zero attached hydrogens (tertiary/aromatic N) is 2. The number of aliphatic hydroxyl groups is 1. The molecule has 0 spiro atoms. The summed E-state index contributed by atoms with van der Waals surface area (Å²) in [5.74, 6) is 1.27. The molecule has 0 unspecified atom stereocenters. The molecule has 0 aliphatic heterocycles. The van der Waals surface area contributed by atoms with Crippen molar-refractivity contribution in [3.05, 3.63) is 76.6 Å². The van der Waals surface area contributed by atoms with Crippen LogP contribution in [-0.4, -0.2) is 14.7 Å². The first-order valence-corrected chi connectivity index (χ1v) is 8.48. The van der Waals surface area contributed by atoms with Crippen LogP contribution in [0.15, 0.2) is 54.6 Å². The minimum Gasteiger partial charge on any atom is -0.390 e. The largest absolute Gasteiger partial charge is 0.390 e. The number of imidazole rings is 1. The summed E-state index contributed by atoms with van der Waals surface area (Å²) in [5, 5.41) is 10.1. The third-order valence-corrected chi connectivity index (χ3v) is 4.50. The Morgan fingerprint density at radius 1 is 1.04 bits per heavy atom. The van der Waals surface area contributed by atoms with E-state index in [0.717, 1.165) is 17.0 Å². The summed E-state index contributed by atoms with van der Waals surface area (Å²) < 4.78 is 1.99. The predicted molar refractivity (Wildman–Crippen MR) is 98.2 cm³/mol. The first-order chi connectivity index (χ1) is 11.6. The van der Waals surface area contributed by atoms with Gasteiger partial charge in [0.05, 0.1) is 12.3 Å². The number of rotatable bonds is 5. The van der Waals surface area contributed by atoms with E-state index in [1.54, 1.807) is 0 Å². The van der Waals surface area contributed by atoms with Crippen LogP contribution in [0.1, 0.15) is 36.6 Å². The van der Waals surface area contributed by atoms with Gasteiger partial charge in [-0.05, 0) is 17.0 Å². The zero-order valence-electron chi connectivity index (χ0n) is 13.9. The lowest BCUT2D eigenvalue weighted by molar-refractivity contribution is 0.272. The summed E-state index contributed by atoms with van der Waals surface area (Å²) in [4.78, 5) is 4.49. The van der Waals surface area contributed by atoms with Gasteiger partial charge in [0, 0.05) is 12.1 Å². The maximum Gasteiger partial charge on any atom is 0.153 e. The second-order valence-corrected chi connectivity index (χ2v) is 6.54. The molecule has 0 amide bonds. The molecule has 0 saturated carbocycles. The van der Waals surface area contributed by atoms with Crippen LogP contribution in [-0.2, 0) is 13.2 Å². The normalized spacial score (nSPS) is 11.2. The molecule has 0 atom stereocenters. The number of aromatic nitrogens is 2. The smallest absolute Gasteiger partial charge is 0.153 e. The Kier molecular flexibility index (Phi) is 5.03. The van der Waals surface area contributed by atoms with E-state index < -0.39 is 0 Å². The molecule has 0 fully saturated rings. The lowest BCUT2D eigenvalue weighted by atomic mass is 10.0. The minimum absolute atomic E-state index is 0.136. The monoisotopic (exact) mass is 340 g/mol. The maximum absolute atomic E-state index is 9.71. The molecule has 0 radical (unpaired) electrons. The fraction of sp³-hybridized carbons (Fsp3) is 0.250. The molecule has 0 aliphatic carbocycles. The van der Waals surface area contributed by atoms with Gasteiger partial charge >= 0.3 is 0 Å². The first kappa shape index (κ1) is 16.7.